The van der Waals surface area contributed by atoms with Crippen molar-refractivity contribution in [1.29, 1.82) is 0 Å². The Labute approximate surface area is 160 Å². The average Bonchev–Trinajstić information content (AvgIpc) is 2.92. The standard InChI is InChI=1S/C18H22N4O4S/c1-5-11-14(17(24)26-6-2)12(21-18(25)20-11)7-22-8-19-15-13(16(22)23)9(3)10(4)27-15/h8,11H,5-7H2,1-4H3,(H2,20,21,25)/t11-/m1/s1. The van der Waals surface area contributed by atoms with Crippen molar-refractivity contribution in [3.8, 4) is 0 Å². The summed E-state index contributed by atoms with van der Waals surface area (Å²) >= 11 is 1.47. The zero-order chi connectivity index (χ0) is 19.7. The molecule has 3 heterocycles. The third-order valence-corrected chi connectivity index (χ3v) is 5.75. The van der Waals surface area contributed by atoms with Crippen molar-refractivity contribution in [1.82, 2.24) is 20.2 Å². The van der Waals surface area contributed by atoms with E-state index in [-0.39, 0.29) is 18.7 Å². The van der Waals surface area contributed by atoms with Crippen molar-refractivity contribution in [2.75, 3.05) is 6.61 Å². The van der Waals surface area contributed by atoms with E-state index in [2.05, 4.69) is 15.6 Å². The molecule has 144 valence electrons. The molecule has 0 spiro atoms. The average molecular weight is 390 g/mol. The third-order valence-electron chi connectivity index (χ3n) is 4.63. The number of carbonyl (C=O) groups excluding carboxylic acids is 2. The van der Waals surface area contributed by atoms with Gasteiger partial charge in [0.05, 0.1) is 42.2 Å². The zero-order valence-electron chi connectivity index (χ0n) is 15.7. The van der Waals surface area contributed by atoms with Gasteiger partial charge in [0.1, 0.15) is 4.83 Å². The topological polar surface area (TPSA) is 102 Å². The second kappa shape index (κ2) is 7.51. The molecule has 0 bridgehead atoms. The molecule has 0 unspecified atom stereocenters. The number of nitrogens with one attached hydrogen (secondary N) is 2. The van der Waals surface area contributed by atoms with Gasteiger partial charge in [-0.3, -0.25) is 9.36 Å². The van der Waals surface area contributed by atoms with Crippen molar-refractivity contribution >= 4 is 33.6 Å². The van der Waals surface area contributed by atoms with Crippen molar-refractivity contribution < 1.29 is 14.3 Å². The first-order chi connectivity index (χ1) is 12.9. The molecule has 1 aliphatic heterocycles. The number of ether oxygens (including phenoxy) is 1. The Bertz CT molecular complexity index is 1000. The Morgan fingerprint density at radius 3 is 2.74 bits per heavy atom. The van der Waals surface area contributed by atoms with E-state index in [0.717, 1.165) is 10.4 Å². The number of rotatable bonds is 5. The highest BCUT2D eigenvalue weighted by Gasteiger charge is 2.31. The Kier molecular flexibility index (Phi) is 5.31. The van der Waals surface area contributed by atoms with Crippen LogP contribution in [0.15, 0.2) is 22.4 Å². The summed E-state index contributed by atoms with van der Waals surface area (Å²) in [5.74, 6) is -0.503. The predicted molar refractivity (Wildman–Crippen MR) is 103 cm³/mol. The molecule has 0 saturated carbocycles. The van der Waals surface area contributed by atoms with Crippen LogP contribution >= 0.6 is 11.3 Å². The fraction of sp³-hybridized carbons (Fsp3) is 0.444. The predicted octanol–water partition coefficient (Wildman–Crippen LogP) is 1.98. The first-order valence-electron chi connectivity index (χ1n) is 8.80. The highest BCUT2D eigenvalue weighted by molar-refractivity contribution is 7.18. The molecule has 8 nitrogen and oxygen atoms in total. The van der Waals surface area contributed by atoms with Crippen molar-refractivity contribution in [2.45, 2.75) is 46.7 Å². The molecule has 2 N–H and O–H groups in total. The van der Waals surface area contributed by atoms with Gasteiger partial charge in [-0.05, 0) is 32.8 Å². The van der Waals surface area contributed by atoms with Crippen LogP contribution in [0.4, 0.5) is 4.79 Å². The Hall–Kier alpha value is -2.68. The lowest BCUT2D eigenvalue weighted by atomic mass is 10.00. The molecular weight excluding hydrogens is 368 g/mol. The van der Waals surface area contributed by atoms with Gasteiger partial charge in [-0.15, -0.1) is 11.3 Å². The van der Waals surface area contributed by atoms with Crippen LogP contribution in [0.1, 0.15) is 30.7 Å². The van der Waals surface area contributed by atoms with E-state index in [9.17, 15) is 14.4 Å². The molecule has 3 rings (SSSR count). The van der Waals surface area contributed by atoms with Gasteiger partial charge in [0, 0.05) is 4.88 Å². The number of urea groups is 1. The molecule has 2 aromatic heterocycles. The lowest BCUT2D eigenvalue weighted by Crippen LogP contribution is -2.51. The number of thiophene rings is 1. The normalized spacial score (nSPS) is 17.0. The summed E-state index contributed by atoms with van der Waals surface area (Å²) in [6.45, 7) is 7.69. The van der Waals surface area contributed by atoms with Crippen LogP contribution in [0.5, 0.6) is 0 Å². The number of allylic oxidation sites excluding steroid dienone is 1. The maximum atomic E-state index is 12.9. The SMILES string of the molecule is CCOC(=O)C1=C(Cn2cnc3sc(C)c(C)c3c2=O)NC(=O)N[C@@H]1CC. The van der Waals surface area contributed by atoms with Gasteiger partial charge < -0.3 is 15.4 Å². The summed E-state index contributed by atoms with van der Waals surface area (Å²) < 4.78 is 6.56. The van der Waals surface area contributed by atoms with E-state index in [1.54, 1.807) is 6.92 Å². The molecule has 2 aromatic rings. The third kappa shape index (κ3) is 3.46. The number of hydrogen-bond donors (Lipinski definition) is 2. The molecule has 9 heteroatoms. The van der Waals surface area contributed by atoms with E-state index < -0.39 is 18.0 Å². The van der Waals surface area contributed by atoms with Crippen LogP contribution in [0, 0.1) is 13.8 Å². The molecule has 0 radical (unpaired) electrons. The van der Waals surface area contributed by atoms with Crippen LogP contribution < -0.4 is 16.2 Å². The summed E-state index contributed by atoms with van der Waals surface area (Å²) in [4.78, 5) is 43.5. The number of aromatic nitrogens is 2. The lowest BCUT2D eigenvalue weighted by molar-refractivity contribution is -0.139. The van der Waals surface area contributed by atoms with Gasteiger partial charge >= 0.3 is 12.0 Å². The minimum Gasteiger partial charge on any atom is -0.463 e. The van der Waals surface area contributed by atoms with Crippen molar-refractivity contribution in [2.24, 2.45) is 0 Å². The molecule has 1 atom stereocenters. The van der Waals surface area contributed by atoms with Crippen LogP contribution in [-0.4, -0.2) is 34.2 Å². The zero-order valence-corrected chi connectivity index (χ0v) is 16.5. The van der Waals surface area contributed by atoms with Crippen LogP contribution in [0.2, 0.25) is 0 Å². The number of amides is 2. The minimum absolute atomic E-state index is 0.0359. The summed E-state index contributed by atoms with van der Waals surface area (Å²) in [5.41, 5.74) is 1.40. The van der Waals surface area contributed by atoms with E-state index in [1.165, 1.54) is 22.2 Å². The quantitative estimate of drug-likeness (QED) is 0.760. The lowest BCUT2D eigenvalue weighted by Gasteiger charge is -2.28. The van der Waals surface area contributed by atoms with E-state index in [4.69, 9.17) is 4.74 Å². The Morgan fingerprint density at radius 2 is 2.07 bits per heavy atom. The van der Waals surface area contributed by atoms with Gasteiger partial charge in [-0.1, -0.05) is 6.92 Å². The number of carbonyl (C=O) groups is 2. The monoisotopic (exact) mass is 390 g/mol. The van der Waals surface area contributed by atoms with Gasteiger partial charge in [0.15, 0.2) is 0 Å². The van der Waals surface area contributed by atoms with E-state index >= 15 is 0 Å². The Morgan fingerprint density at radius 1 is 1.33 bits per heavy atom. The van der Waals surface area contributed by atoms with E-state index in [0.29, 0.717) is 27.9 Å². The summed E-state index contributed by atoms with van der Waals surface area (Å²) in [6, 6.07) is -0.875. The molecular formula is C18H22N4O4S. The number of nitrogens with zero attached hydrogens (tertiary/aromatic N) is 2. The fourth-order valence-electron chi connectivity index (χ4n) is 3.14. The second-order valence-corrected chi connectivity index (χ2v) is 7.52. The van der Waals surface area contributed by atoms with Crippen molar-refractivity contribution in [3.05, 3.63) is 38.4 Å². The van der Waals surface area contributed by atoms with Gasteiger partial charge in [0.25, 0.3) is 5.56 Å². The molecule has 1 aliphatic rings. The number of aryl methyl sites for hydroxylation is 2. The number of hydrogen-bond acceptors (Lipinski definition) is 6. The molecule has 0 saturated heterocycles. The first-order valence-corrected chi connectivity index (χ1v) is 9.61. The summed E-state index contributed by atoms with van der Waals surface area (Å²) in [6.07, 6.45) is 1.98. The van der Waals surface area contributed by atoms with Gasteiger partial charge in [0.2, 0.25) is 0 Å². The number of fused-ring (bicyclic) bond motifs is 1. The minimum atomic E-state index is -0.503. The van der Waals surface area contributed by atoms with Crippen molar-refractivity contribution in [3.63, 3.8) is 0 Å². The highest BCUT2D eigenvalue weighted by Crippen LogP contribution is 2.25. The Balaban J connectivity index is 2.10. The molecule has 27 heavy (non-hydrogen) atoms. The largest absolute Gasteiger partial charge is 0.463 e. The smallest absolute Gasteiger partial charge is 0.337 e. The molecule has 0 aliphatic carbocycles. The first kappa shape index (κ1) is 19.1. The summed E-state index contributed by atoms with van der Waals surface area (Å²) in [7, 11) is 0. The number of esters is 1. The van der Waals surface area contributed by atoms with Crippen LogP contribution in [0.3, 0.4) is 0 Å². The van der Waals surface area contributed by atoms with Crippen LogP contribution in [-0.2, 0) is 16.1 Å². The second-order valence-electron chi connectivity index (χ2n) is 6.31. The molecule has 0 fully saturated rings. The summed E-state index contributed by atoms with van der Waals surface area (Å²) in [5, 5.41) is 5.95. The van der Waals surface area contributed by atoms with Gasteiger partial charge in [-0.25, -0.2) is 14.6 Å². The fourth-order valence-corrected chi connectivity index (χ4v) is 4.13. The van der Waals surface area contributed by atoms with Crippen LogP contribution in [0.25, 0.3) is 10.2 Å². The van der Waals surface area contributed by atoms with Gasteiger partial charge in [-0.2, -0.15) is 0 Å². The maximum absolute atomic E-state index is 12.9. The maximum Gasteiger partial charge on any atom is 0.337 e. The molecule has 2 amide bonds. The highest BCUT2D eigenvalue weighted by atomic mass is 32.1. The molecule has 0 aromatic carbocycles. The van der Waals surface area contributed by atoms with E-state index in [1.807, 2.05) is 20.8 Å².